The predicted octanol–water partition coefficient (Wildman–Crippen LogP) is 2.53. The highest BCUT2D eigenvalue weighted by Gasteiger charge is 2.35. The van der Waals surface area contributed by atoms with Crippen LogP contribution in [0, 0.1) is 17.3 Å². The van der Waals surface area contributed by atoms with Gasteiger partial charge in [0.05, 0.1) is 5.41 Å². The van der Waals surface area contributed by atoms with Gasteiger partial charge in [0.25, 0.3) is 0 Å². The van der Waals surface area contributed by atoms with Crippen molar-refractivity contribution in [2.24, 2.45) is 17.3 Å². The van der Waals surface area contributed by atoms with Gasteiger partial charge >= 0.3 is 5.97 Å². The largest absolute Gasteiger partial charge is 0.481 e. The average molecular weight is 170 g/mol. The fraction of sp³-hybridized carbons (Fsp3) is 0.900. The Morgan fingerprint density at radius 1 is 1.58 bits per heavy atom. The standard InChI is InChI=1S/C10H18O2/c1-7(8-4-5-8)6-10(2,3)9(11)12/h7-8H,4-6H2,1-3H3,(H,11,12). The summed E-state index contributed by atoms with van der Waals surface area (Å²) in [6, 6.07) is 0. The molecule has 1 rings (SSSR count). The maximum atomic E-state index is 10.8. The summed E-state index contributed by atoms with van der Waals surface area (Å²) in [7, 11) is 0. The van der Waals surface area contributed by atoms with Crippen molar-refractivity contribution in [1.29, 1.82) is 0 Å². The lowest BCUT2D eigenvalue weighted by atomic mass is 9.82. The molecular formula is C10H18O2. The summed E-state index contributed by atoms with van der Waals surface area (Å²) in [6.07, 6.45) is 3.42. The molecule has 0 aromatic rings. The van der Waals surface area contributed by atoms with E-state index in [4.69, 9.17) is 5.11 Å². The highest BCUT2D eigenvalue weighted by molar-refractivity contribution is 5.73. The number of carbonyl (C=O) groups is 1. The van der Waals surface area contributed by atoms with Gasteiger partial charge in [-0.2, -0.15) is 0 Å². The van der Waals surface area contributed by atoms with Crippen molar-refractivity contribution < 1.29 is 9.90 Å². The van der Waals surface area contributed by atoms with Crippen LogP contribution in [0.15, 0.2) is 0 Å². The van der Waals surface area contributed by atoms with E-state index in [0.29, 0.717) is 5.92 Å². The highest BCUT2D eigenvalue weighted by Crippen LogP contribution is 2.41. The fourth-order valence-electron chi connectivity index (χ4n) is 1.72. The zero-order valence-corrected chi connectivity index (χ0v) is 8.13. The van der Waals surface area contributed by atoms with Crippen molar-refractivity contribution in [3.63, 3.8) is 0 Å². The Bertz CT molecular complexity index is 180. The van der Waals surface area contributed by atoms with Crippen LogP contribution in [-0.2, 0) is 4.79 Å². The van der Waals surface area contributed by atoms with Crippen LogP contribution < -0.4 is 0 Å². The van der Waals surface area contributed by atoms with Gasteiger partial charge in [-0.05, 0) is 44.9 Å². The van der Waals surface area contributed by atoms with Gasteiger partial charge in [0, 0.05) is 0 Å². The minimum atomic E-state index is -0.671. The van der Waals surface area contributed by atoms with E-state index in [-0.39, 0.29) is 0 Å². The summed E-state index contributed by atoms with van der Waals surface area (Å²) in [6.45, 7) is 5.80. The van der Waals surface area contributed by atoms with E-state index in [1.807, 2.05) is 13.8 Å². The molecule has 2 nitrogen and oxygen atoms in total. The molecule has 0 heterocycles. The van der Waals surface area contributed by atoms with Crippen molar-refractivity contribution in [1.82, 2.24) is 0 Å². The number of carboxylic acids is 1. The molecule has 0 bridgehead atoms. The van der Waals surface area contributed by atoms with Crippen molar-refractivity contribution >= 4 is 5.97 Å². The first kappa shape index (κ1) is 9.56. The minimum Gasteiger partial charge on any atom is -0.481 e. The molecule has 2 heteroatoms. The second kappa shape index (κ2) is 3.08. The van der Waals surface area contributed by atoms with Crippen LogP contribution >= 0.6 is 0 Å². The molecule has 0 saturated heterocycles. The topological polar surface area (TPSA) is 37.3 Å². The first-order chi connectivity index (χ1) is 5.43. The Morgan fingerprint density at radius 3 is 2.42 bits per heavy atom. The third-order valence-electron chi connectivity index (χ3n) is 2.84. The molecule has 0 radical (unpaired) electrons. The number of carboxylic acid groups (broad SMARTS) is 1. The van der Waals surface area contributed by atoms with Gasteiger partial charge in [0.2, 0.25) is 0 Å². The Balaban J connectivity index is 2.42. The van der Waals surface area contributed by atoms with Gasteiger partial charge in [-0.25, -0.2) is 0 Å². The number of hydrogen-bond acceptors (Lipinski definition) is 1. The average Bonchev–Trinajstić information content (AvgIpc) is 2.65. The van der Waals surface area contributed by atoms with E-state index < -0.39 is 11.4 Å². The van der Waals surface area contributed by atoms with Crippen molar-refractivity contribution in [3.8, 4) is 0 Å². The lowest BCUT2D eigenvalue weighted by molar-refractivity contribution is -0.147. The first-order valence-electron chi connectivity index (χ1n) is 4.67. The quantitative estimate of drug-likeness (QED) is 0.704. The molecule has 0 amide bonds. The fourth-order valence-corrected chi connectivity index (χ4v) is 1.72. The molecule has 0 aliphatic heterocycles. The van der Waals surface area contributed by atoms with Crippen LogP contribution in [0.3, 0.4) is 0 Å². The minimum absolute atomic E-state index is 0.540. The maximum Gasteiger partial charge on any atom is 0.309 e. The molecule has 1 N–H and O–H groups in total. The highest BCUT2D eigenvalue weighted by atomic mass is 16.4. The summed E-state index contributed by atoms with van der Waals surface area (Å²) in [5.41, 5.74) is -0.540. The molecule has 1 unspecified atom stereocenters. The lowest BCUT2D eigenvalue weighted by Gasteiger charge is -2.23. The van der Waals surface area contributed by atoms with E-state index in [2.05, 4.69) is 6.92 Å². The zero-order valence-electron chi connectivity index (χ0n) is 8.13. The normalized spacial score (nSPS) is 20.6. The Hall–Kier alpha value is -0.530. The van der Waals surface area contributed by atoms with Crippen LogP contribution in [0.2, 0.25) is 0 Å². The Morgan fingerprint density at radius 2 is 2.08 bits per heavy atom. The van der Waals surface area contributed by atoms with E-state index in [0.717, 1.165) is 12.3 Å². The van der Waals surface area contributed by atoms with Gasteiger partial charge in [0.15, 0.2) is 0 Å². The molecule has 1 fully saturated rings. The monoisotopic (exact) mass is 170 g/mol. The van der Waals surface area contributed by atoms with Crippen molar-refractivity contribution in [2.75, 3.05) is 0 Å². The predicted molar refractivity (Wildman–Crippen MR) is 47.9 cm³/mol. The molecule has 0 spiro atoms. The summed E-state index contributed by atoms with van der Waals surface area (Å²) >= 11 is 0. The van der Waals surface area contributed by atoms with E-state index >= 15 is 0 Å². The first-order valence-corrected chi connectivity index (χ1v) is 4.67. The van der Waals surface area contributed by atoms with E-state index in [9.17, 15) is 4.79 Å². The molecule has 0 aromatic carbocycles. The third-order valence-corrected chi connectivity index (χ3v) is 2.84. The van der Waals surface area contributed by atoms with Crippen molar-refractivity contribution in [2.45, 2.75) is 40.0 Å². The second-order valence-electron chi connectivity index (χ2n) is 4.71. The summed E-state index contributed by atoms with van der Waals surface area (Å²) in [4.78, 5) is 10.8. The summed E-state index contributed by atoms with van der Waals surface area (Å²) in [5.74, 6) is 0.717. The molecule has 12 heavy (non-hydrogen) atoms. The van der Waals surface area contributed by atoms with Gasteiger partial charge in [-0.3, -0.25) is 4.79 Å². The second-order valence-corrected chi connectivity index (χ2v) is 4.71. The number of rotatable bonds is 4. The van der Waals surface area contributed by atoms with Crippen molar-refractivity contribution in [3.05, 3.63) is 0 Å². The van der Waals surface area contributed by atoms with Crippen LogP contribution in [0.5, 0.6) is 0 Å². The maximum absolute atomic E-state index is 10.8. The molecule has 1 aliphatic rings. The smallest absolute Gasteiger partial charge is 0.309 e. The van der Waals surface area contributed by atoms with Gasteiger partial charge < -0.3 is 5.11 Å². The van der Waals surface area contributed by atoms with E-state index in [1.54, 1.807) is 0 Å². The number of aliphatic carboxylic acids is 1. The summed E-state index contributed by atoms with van der Waals surface area (Å²) < 4.78 is 0. The molecule has 70 valence electrons. The zero-order chi connectivity index (χ0) is 9.35. The van der Waals surface area contributed by atoms with Gasteiger partial charge in [0.1, 0.15) is 0 Å². The molecule has 1 saturated carbocycles. The molecule has 1 aliphatic carbocycles. The van der Waals surface area contributed by atoms with E-state index in [1.165, 1.54) is 12.8 Å². The number of hydrogen-bond donors (Lipinski definition) is 1. The lowest BCUT2D eigenvalue weighted by Crippen LogP contribution is -2.26. The Kier molecular flexibility index (Phi) is 2.45. The SMILES string of the molecule is CC(CC(C)(C)C(=O)O)C1CC1. The van der Waals surface area contributed by atoms with Crippen LogP contribution in [-0.4, -0.2) is 11.1 Å². The van der Waals surface area contributed by atoms with Gasteiger partial charge in [-0.1, -0.05) is 6.92 Å². The van der Waals surface area contributed by atoms with Crippen LogP contribution in [0.1, 0.15) is 40.0 Å². The summed E-state index contributed by atoms with van der Waals surface area (Å²) in [5, 5.41) is 8.89. The third kappa shape index (κ3) is 2.23. The molecule has 1 atom stereocenters. The Labute approximate surface area is 74.0 Å². The molecule has 0 aromatic heterocycles. The van der Waals surface area contributed by atoms with Crippen LogP contribution in [0.25, 0.3) is 0 Å². The molecular weight excluding hydrogens is 152 g/mol. The van der Waals surface area contributed by atoms with Crippen LogP contribution in [0.4, 0.5) is 0 Å². The van der Waals surface area contributed by atoms with Gasteiger partial charge in [-0.15, -0.1) is 0 Å².